The zero-order valence-electron chi connectivity index (χ0n) is 24.0. The van der Waals surface area contributed by atoms with Crippen LogP contribution >= 0.6 is 0 Å². The summed E-state index contributed by atoms with van der Waals surface area (Å²) in [6, 6.07) is 22.1. The molecule has 0 saturated carbocycles. The molecule has 0 radical (unpaired) electrons. The number of hydrogen-bond acceptors (Lipinski definition) is 16. The van der Waals surface area contributed by atoms with E-state index >= 15 is 0 Å². The molecule has 0 aliphatic rings. The van der Waals surface area contributed by atoms with E-state index in [1.807, 2.05) is 72.8 Å². The Kier molecular flexibility index (Phi) is 17.5. The summed E-state index contributed by atoms with van der Waals surface area (Å²) >= 11 is 0. The molecule has 0 aromatic carbocycles. The van der Waals surface area contributed by atoms with Crippen molar-refractivity contribution in [3.05, 3.63) is 128 Å². The molecule has 0 fully saturated rings. The largest absolute Gasteiger partial charge is 2.00 e. The van der Waals surface area contributed by atoms with Crippen LogP contribution in [0.2, 0.25) is 0 Å². The second kappa shape index (κ2) is 20.4. The maximum absolute atomic E-state index is 8.25. The van der Waals surface area contributed by atoms with Crippen molar-refractivity contribution in [3.8, 4) is 46.1 Å². The van der Waals surface area contributed by atoms with Crippen molar-refractivity contribution in [2.24, 2.45) is 0 Å². The molecule has 6 aromatic rings. The fourth-order valence-electron chi connectivity index (χ4n) is 3.26. The molecule has 0 bridgehead atoms. The van der Waals surface area contributed by atoms with Crippen LogP contribution < -0.4 is 11.7 Å². The predicted molar refractivity (Wildman–Crippen MR) is 162 cm³/mol. The standard InChI is InChI=1S/2C12H10N6.2NO3.2H2O.Zn/c2*13-18-11(9-5-1-3-7-14-9)16-17-12(18)10-6-2-4-8-15-10;2*2-1(3)4;;;/h2*1-8H,13H2;;;2*1H2;/q;;2*-1;;;+2/p+1. The van der Waals surface area contributed by atoms with Gasteiger partial charge in [0.15, 0.2) is 0 Å². The number of nitrogen functional groups attached to an aromatic ring is 2. The van der Waals surface area contributed by atoms with Gasteiger partial charge in [0.05, 0.1) is 10.2 Å². The van der Waals surface area contributed by atoms with Crippen LogP contribution in [0.15, 0.2) is 97.6 Å². The van der Waals surface area contributed by atoms with E-state index < -0.39 is 10.2 Å². The molecule has 0 aliphatic carbocycles. The molecule has 22 nitrogen and oxygen atoms in total. The fraction of sp³-hybridized carbons (Fsp3) is 0. The first kappa shape index (κ1) is 40.4. The van der Waals surface area contributed by atoms with Gasteiger partial charge in [-0.3, -0.25) is 19.9 Å². The molecule has 9 N–H and O–H groups in total. The quantitative estimate of drug-likeness (QED) is 0.0802. The molecule has 47 heavy (non-hydrogen) atoms. The molecule has 0 atom stereocenters. The molecule has 0 unspecified atom stereocenters. The third-order valence-corrected chi connectivity index (χ3v) is 4.97. The van der Waals surface area contributed by atoms with E-state index in [9.17, 15) is 0 Å². The Morgan fingerprint density at radius 3 is 0.830 bits per heavy atom. The smallest absolute Gasteiger partial charge is 0.457 e. The normalized spacial score (nSPS) is 9.02. The third kappa shape index (κ3) is 12.1. The Labute approximate surface area is 276 Å². The van der Waals surface area contributed by atoms with Gasteiger partial charge in [-0.05, 0) is 48.5 Å². The summed E-state index contributed by atoms with van der Waals surface area (Å²) in [5, 5.41) is 45.7. The van der Waals surface area contributed by atoms with E-state index in [0.29, 0.717) is 46.1 Å². The van der Waals surface area contributed by atoms with Crippen LogP contribution in [0.25, 0.3) is 46.1 Å². The molecular weight excluding hydrogens is 678 g/mol. The van der Waals surface area contributed by atoms with Crippen molar-refractivity contribution in [3.63, 3.8) is 0 Å². The van der Waals surface area contributed by atoms with Crippen molar-refractivity contribution in [1.29, 1.82) is 0 Å². The number of nitrogens with zero attached hydrogens (tertiary/aromatic N) is 12. The molecular formula is C24H25N14O8Zn+. The van der Waals surface area contributed by atoms with E-state index in [1.54, 1.807) is 24.8 Å². The molecule has 240 valence electrons. The zero-order chi connectivity index (χ0) is 31.9. The minimum absolute atomic E-state index is 0. The van der Waals surface area contributed by atoms with Gasteiger partial charge >= 0.3 is 19.5 Å². The average molecular weight is 703 g/mol. The SMILES string of the molecule is Nn1c(-c2ccccn2)nnc1-c1ccccn1.Nn1c(-c2ccccn2)nnc1-c1ccccn1.O.O=[N+]([O-])[O-].O=[N+]([O-])[O-].[OH3+].[Zn+2]. The number of aromatic nitrogens is 10. The summed E-state index contributed by atoms with van der Waals surface area (Å²) in [6.45, 7) is 0. The van der Waals surface area contributed by atoms with Crippen molar-refractivity contribution in [2.75, 3.05) is 11.7 Å². The van der Waals surface area contributed by atoms with E-state index in [1.165, 1.54) is 9.35 Å². The Hall–Kier alpha value is -6.58. The Morgan fingerprint density at radius 1 is 0.489 bits per heavy atom. The van der Waals surface area contributed by atoms with Gasteiger partial charge in [0.2, 0.25) is 23.3 Å². The molecule has 0 saturated heterocycles. The van der Waals surface area contributed by atoms with Gasteiger partial charge < -0.3 is 53.3 Å². The van der Waals surface area contributed by atoms with E-state index in [2.05, 4.69) is 40.3 Å². The summed E-state index contributed by atoms with van der Waals surface area (Å²) in [6.07, 6.45) is 6.74. The molecule has 0 aliphatic heterocycles. The number of rotatable bonds is 4. The molecule has 6 aromatic heterocycles. The van der Waals surface area contributed by atoms with Crippen LogP contribution in [0, 0.1) is 30.6 Å². The first-order valence-electron chi connectivity index (χ1n) is 11.9. The monoisotopic (exact) mass is 701 g/mol. The van der Waals surface area contributed by atoms with Gasteiger partial charge in [0.25, 0.3) is 0 Å². The molecule has 0 spiro atoms. The van der Waals surface area contributed by atoms with Crippen LogP contribution in [0.3, 0.4) is 0 Å². The Morgan fingerprint density at radius 2 is 0.681 bits per heavy atom. The van der Waals surface area contributed by atoms with E-state index in [0.717, 1.165) is 0 Å². The van der Waals surface area contributed by atoms with E-state index in [4.69, 9.17) is 42.3 Å². The topological polar surface area (TPSA) is 362 Å². The minimum Gasteiger partial charge on any atom is -0.457 e. The number of hydrogen-bond donors (Lipinski definition) is 2. The molecule has 23 heteroatoms. The number of pyridine rings is 4. The maximum atomic E-state index is 8.25. The summed E-state index contributed by atoms with van der Waals surface area (Å²) in [5.41, 5.74) is 2.70. The van der Waals surface area contributed by atoms with Crippen molar-refractivity contribution in [2.45, 2.75) is 0 Å². The van der Waals surface area contributed by atoms with Gasteiger partial charge in [-0.2, -0.15) is 0 Å². The third-order valence-electron chi connectivity index (χ3n) is 4.97. The Balaban J connectivity index is 0.000000699. The van der Waals surface area contributed by atoms with E-state index in [-0.39, 0.29) is 30.4 Å². The second-order valence-electron chi connectivity index (χ2n) is 7.74. The average Bonchev–Trinajstić information content (AvgIpc) is 3.61. The summed E-state index contributed by atoms with van der Waals surface area (Å²) in [7, 11) is 0. The van der Waals surface area contributed by atoms with Crippen molar-refractivity contribution in [1.82, 2.24) is 49.7 Å². The van der Waals surface area contributed by atoms with Gasteiger partial charge in [-0.1, -0.05) is 24.3 Å². The summed E-state index contributed by atoms with van der Waals surface area (Å²) in [4.78, 5) is 33.3. The van der Waals surface area contributed by atoms with Gasteiger partial charge in [0.1, 0.15) is 22.8 Å². The summed E-state index contributed by atoms with van der Waals surface area (Å²) < 4.78 is 2.79. The zero-order valence-corrected chi connectivity index (χ0v) is 27.0. The predicted octanol–water partition coefficient (Wildman–Crippen LogP) is 0.00450. The van der Waals surface area contributed by atoms with Crippen LogP contribution in [0.4, 0.5) is 0 Å². The van der Waals surface area contributed by atoms with Gasteiger partial charge in [-0.25, -0.2) is 9.35 Å². The Bertz CT molecular complexity index is 1510. The maximum Gasteiger partial charge on any atom is 2.00 e. The molecule has 6 rings (SSSR count). The van der Waals surface area contributed by atoms with Gasteiger partial charge in [0, 0.05) is 24.8 Å². The van der Waals surface area contributed by atoms with Crippen LogP contribution in [-0.2, 0) is 25.0 Å². The molecule has 0 amide bonds. The second-order valence-corrected chi connectivity index (χ2v) is 7.74. The first-order valence-corrected chi connectivity index (χ1v) is 11.9. The number of nitrogens with two attached hydrogens (primary N) is 2. The minimum atomic E-state index is -1.75. The fourth-order valence-corrected chi connectivity index (χ4v) is 3.26. The van der Waals surface area contributed by atoms with Crippen LogP contribution in [0.1, 0.15) is 0 Å². The molecule has 6 heterocycles. The van der Waals surface area contributed by atoms with Crippen LogP contribution in [0.5, 0.6) is 0 Å². The summed E-state index contributed by atoms with van der Waals surface area (Å²) in [5.74, 6) is 14.0. The van der Waals surface area contributed by atoms with Gasteiger partial charge in [-0.15, -0.1) is 20.4 Å². The van der Waals surface area contributed by atoms with Crippen LogP contribution in [-0.4, -0.2) is 65.3 Å². The van der Waals surface area contributed by atoms with Crippen molar-refractivity contribution >= 4 is 0 Å². The van der Waals surface area contributed by atoms with Crippen molar-refractivity contribution < 1.29 is 40.6 Å². The first-order chi connectivity index (χ1) is 21.2.